The molecule has 0 spiro atoms. The second kappa shape index (κ2) is 15.7. The predicted molar refractivity (Wildman–Crippen MR) is 182 cm³/mol. The molecular formula is C38H44IrNO2S-. The van der Waals surface area contributed by atoms with Crippen molar-refractivity contribution < 1.29 is 30.0 Å². The second-order valence-electron chi connectivity index (χ2n) is 11.5. The van der Waals surface area contributed by atoms with E-state index in [-0.39, 0.29) is 43.5 Å². The van der Waals surface area contributed by atoms with Gasteiger partial charge in [0, 0.05) is 59.3 Å². The van der Waals surface area contributed by atoms with Crippen molar-refractivity contribution >= 4 is 48.1 Å². The Labute approximate surface area is 274 Å². The zero-order chi connectivity index (χ0) is 30.4. The van der Waals surface area contributed by atoms with E-state index in [1.165, 1.54) is 42.8 Å². The summed E-state index contributed by atoms with van der Waals surface area (Å²) in [5.74, 6) is 0.999. The first-order valence-electron chi connectivity index (χ1n) is 15.4. The fraction of sp³-hybridized carbons (Fsp3) is 0.368. The maximum absolute atomic E-state index is 11.7. The van der Waals surface area contributed by atoms with Gasteiger partial charge in [-0.3, -0.25) is 9.78 Å². The van der Waals surface area contributed by atoms with Crippen LogP contribution in [0.25, 0.3) is 42.2 Å². The minimum absolute atomic E-state index is 0. The first kappa shape index (κ1) is 34.6. The molecule has 0 atom stereocenters. The average Bonchev–Trinajstić information content (AvgIpc) is 3.35. The number of carbonyl (C=O) groups is 1. The number of benzene rings is 3. The number of fused-ring (bicyclic) bond motifs is 4. The summed E-state index contributed by atoms with van der Waals surface area (Å²) < 4.78 is 2.57. The van der Waals surface area contributed by atoms with Crippen LogP contribution in [0.4, 0.5) is 0 Å². The van der Waals surface area contributed by atoms with Crippen molar-refractivity contribution in [3.63, 3.8) is 0 Å². The van der Waals surface area contributed by atoms with E-state index in [4.69, 9.17) is 4.98 Å². The number of rotatable bonds is 9. The summed E-state index contributed by atoms with van der Waals surface area (Å²) >= 11 is 1.83. The van der Waals surface area contributed by atoms with Gasteiger partial charge >= 0.3 is 0 Å². The molecule has 2 heterocycles. The van der Waals surface area contributed by atoms with E-state index < -0.39 is 0 Å². The molecule has 0 saturated heterocycles. The Hall–Kier alpha value is -2.85. The van der Waals surface area contributed by atoms with E-state index in [2.05, 4.69) is 81.4 Å². The molecule has 0 aliphatic heterocycles. The van der Waals surface area contributed by atoms with Crippen LogP contribution in [0.1, 0.15) is 84.3 Å². The molecule has 5 heteroatoms. The van der Waals surface area contributed by atoms with E-state index in [1.54, 1.807) is 0 Å². The van der Waals surface area contributed by atoms with Gasteiger partial charge in [0.25, 0.3) is 0 Å². The minimum Gasteiger partial charge on any atom is -0.512 e. The van der Waals surface area contributed by atoms with E-state index in [9.17, 15) is 9.90 Å². The molecule has 0 amide bonds. The number of hydrogen-bond donors (Lipinski definition) is 1. The second-order valence-corrected chi connectivity index (χ2v) is 12.5. The zero-order valence-corrected chi connectivity index (χ0v) is 29.7. The Morgan fingerprint density at radius 1 is 0.907 bits per heavy atom. The van der Waals surface area contributed by atoms with Crippen molar-refractivity contribution in [2.24, 2.45) is 11.8 Å². The Balaban J connectivity index is 0.000000274. The van der Waals surface area contributed by atoms with Gasteiger partial charge in [-0.25, -0.2) is 0 Å². The molecule has 229 valence electrons. The van der Waals surface area contributed by atoms with Gasteiger partial charge < -0.3 is 5.11 Å². The standard InChI is InChI=1S/C25H20NS.C13H24O2.Ir/c1-15(2)22-14-18(13-17-6-4-5-7-19(17)22)24-25-21(10-11-26-24)20-9-8-16(3)12-23(20)27-25;1-5-10(6-2)12(14)9-13(15)11(7-3)8-4;/h4-12,14-15H,1-3H3;9-11,14H,5-8H2,1-4H3;/q-1;;/b;12-9-;. The van der Waals surface area contributed by atoms with Crippen LogP contribution in [-0.2, 0) is 24.9 Å². The quantitative estimate of drug-likeness (QED) is 0.0922. The van der Waals surface area contributed by atoms with Crippen LogP contribution in [0.15, 0.2) is 72.6 Å². The van der Waals surface area contributed by atoms with Crippen LogP contribution in [0.3, 0.4) is 0 Å². The van der Waals surface area contributed by atoms with Crippen LogP contribution >= 0.6 is 11.3 Å². The molecule has 0 bridgehead atoms. The molecule has 3 aromatic carbocycles. The molecule has 1 radical (unpaired) electrons. The molecule has 5 aromatic rings. The van der Waals surface area contributed by atoms with Gasteiger partial charge in [0.05, 0.1) is 5.76 Å². The minimum atomic E-state index is 0. The molecule has 0 fully saturated rings. The third-order valence-electron chi connectivity index (χ3n) is 8.31. The third kappa shape index (κ3) is 7.81. The van der Waals surface area contributed by atoms with Crippen LogP contribution < -0.4 is 0 Å². The summed E-state index contributed by atoms with van der Waals surface area (Å²) in [5, 5.41) is 14.8. The van der Waals surface area contributed by atoms with Crippen molar-refractivity contribution in [3.8, 4) is 11.3 Å². The maximum atomic E-state index is 11.7. The number of thiophene rings is 1. The molecule has 5 rings (SSSR count). The van der Waals surface area contributed by atoms with Crippen LogP contribution in [-0.4, -0.2) is 15.9 Å². The molecule has 0 aliphatic carbocycles. The Kier molecular flexibility index (Phi) is 12.7. The Morgan fingerprint density at radius 2 is 1.58 bits per heavy atom. The van der Waals surface area contributed by atoms with Crippen molar-refractivity contribution in [1.29, 1.82) is 0 Å². The SMILES string of the molecule is CCC(CC)C(=O)/C=C(\O)C(CC)CC.Cc1ccc2c(c1)sc1c(-c3[c-]c4ccccc4c(C(C)C)c3)nccc12.[Ir]. The van der Waals surface area contributed by atoms with Crippen molar-refractivity contribution in [1.82, 2.24) is 4.98 Å². The number of aliphatic hydroxyl groups excluding tert-OH is 1. The molecule has 0 unspecified atom stereocenters. The topological polar surface area (TPSA) is 50.2 Å². The first-order chi connectivity index (χ1) is 20.2. The number of hydrogen-bond acceptors (Lipinski definition) is 4. The van der Waals surface area contributed by atoms with Crippen LogP contribution in [0, 0.1) is 24.8 Å². The third-order valence-corrected chi connectivity index (χ3v) is 9.49. The summed E-state index contributed by atoms with van der Waals surface area (Å²) in [6.07, 6.45) is 6.84. The smallest absolute Gasteiger partial charge is 0.162 e. The van der Waals surface area contributed by atoms with E-state index in [0.717, 1.165) is 42.3 Å². The van der Waals surface area contributed by atoms with Gasteiger partial charge in [-0.1, -0.05) is 82.8 Å². The van der Waals surface area contributed by atoms with E-state index in [0.29, 0.717) is 5.92 Å². The van der Waals surface area contributed by atoms with E-state index >= 15 is 0 Å². The predicted octanol–water partition coefficient (Wildman–Crippen LogP) is 11.4. The largest absolute Gasteiger partial charge is 0.512 e. The number of carbonyl (C=O) groups excluding carboxylic acids is 1. The summed E-state index contributed by atoms with van der Waals surface area (Å²) in [6, 6.07) is 23.3. The summed E-state index contributed by atoms with van der Waals surface area (Å²) in [6.45, 7) is 14.7. The number of allylic oxidation sites excluding steroid dienone is 2. The van der Waals surface area contributed by atoms with Gasteiger partial charge in [-0.05, 0) is 67.0 Å². The van der Waals surface area contributed by atoms with Crippen LogP contribution in [0.2, 0.25) is 0 Å². The molecular weight excluding hydrogens is 727 g/mol. The number of aliphatic hydroxyl groups is 1. The van der Waals surface area contributed by atoms with Gasteiger partial charge in [-0.15, -0.1) is 40.5 Å². The summed E-state index contributed by atoms with van der Waals surface area (Å²) in [5.41, 5.74) is 4.78. The summed E-state index contributed by atoms with van der Waals surface area (Å²) in [7, 11) is 0. The molecule has 2 aromatic heterocycles. The van der Waals surface area contributed by atoms with Crippen molar-refractivity contribution in [2.45, 2.75) is 80.1 Å². The maximum Gasteiger partial charge on any atom is 0.162 e. The van der Waals surface area contributed by atoms with Gasteiger partial charge in [0.1, 0.15) is 0 Å². The molecule has 0 aliphatic rings. The average molecular weight is 771 g/mol. The number of aryl methyl sites for hydroxylation is 1. The number of ketones is 1. The Bertz CT molecular complexity index is 1710. The zero-order valence-electron chi connectivity index (χ0n) is 26.5. The molecule has 3 nitrogen and oxygen atoms in total. The normalized spacial score (nSPS) is 11.8. The number of pyridine rings is 1. The number of nitrogens with zero attached hydrogens (tertiary/aromatic N) is 1. The summed E-state index contributed by atoms with van der Waals surface area (Å²) in [4.78, 5) is 16.5. The van der Waals surface area contributed by atoms with Gasteiger partial charge in [0.2, 0.25) is 0 Å². The Morgan fingerprint density at radius 3 is 2.23 bits per heavy atom. The van der Waals surface area contributed by atoms with Crippen LogP contribution in [0.5, 0.6) is 0 Å². The first-order valence-corrected chi connectivity index (χ1v) is 16.2. The fourth-order valence-electron chi connectivity index (χ4n) is 5.64. The molecule has 43 heavy (non-hydrogen) atoms. The van der Waals surface area contributed by atoms with Crippen molar-refractivity contribution in [2.75, 3.05) is 0 Å². The molecule has 0 saturated carbocycles. The van der Waals surface area contributed by atoms with E-state index in [1.807, 2.05) is 45.2 Å². The molecule has 1 N–H and O–H groups in total. The number of aromatic nitrogens is 1. The monoisotopic (exact) mass is 771 g/mol. The van der Waals surface area contributed by atoms with Gasteiger partial charge in [-0.2, -0.15) is 0 Å². The fourth-order valence-corrected chi connectivity index (χ4v) is 6.94. The van der Waals surface area contributed by atoms with Gasteiger partial charge in [0.15, 0.2) is 5.78 Å². The van der Waals surface area contributed by atoms with Crippen molar-refractivity contribution in [3.05, 3.63) is 89.8 Å².